The molecule has 2 aromatic carbocycles. The van der Waals surface area contributed by atoms with Crippen molar-refractivity contribution in [3.05, 3.63) is 64.9 Å². The van der Waals surface area contributed by atoms with Crippen LogP contribution in [0.3, 0.4) is 0 Å². The normalized spacial score (nSPS) is 12.3. The highest BCUT2D eigenvalue weighted by atomic mass is 35.5. The van der Waals surface area contributed by atoms with Crippen LogP contribution >= 0.6 is 11.6 Å². The maximum absolute atomic E-state index is 13.7. The first-order chi connectivity index (χ1) is 17.0. The Morgan fingerprint density at radius 2 is 1.69 bits per heavy atom. The van der Waals surface area contributed by atoms with Crippen LogP contribution in [0.1, 0.15) is 38.7 Å². The lowest BCUT2D eigenvalue weighted by atomic mass is 10.1. The Morgan fingerprint density at radius 1 is 1.06 bits per heavy atom. The zero-order valence-corrected chi connectivity index (χ0v) is 22.7. The molecule has 2 amide bonds. The summed E-state index contributed by atoms with van der Waals surface area (Å²) in [7, 11) is -1.43. The Labute approximate surface area is 218 Å². The summed E-state index contributed by atoms with van der Waals surface area (Å²) in [4.78, 5) is 28.1. The van der Waals surface area contributed by atoms with Crippen molar-refractivity contribution < 1.29 is 22.4 Å². The third-order valence-electron chi connectivity index (χ3n) is 5.65. The molecule has 198 valence electrons. The number of carbonyl (C=O) groups is 2. The molecular weight excluding hydrogens is 507 g/mol. The fourth-order valence-electron chi connectivity index (χ4n) is 3.56. The molecular formula is C25H34ClFN4O4S. The van der Waals surface area contributed by atoms with Gasteiger partial charge in [-0.2, -0.15) is 12.7 Å². The molecule has 0 radical (unpaired) electrons. The monoisotopic (exact) mass is 540 g/mol. The quantitative estimate of drug-likeness (QED) is 0.391. The highest BCUT2D eigenvalue weighted by Gasteiger charge is 2.34. The predicted molar refractivity (Wildman–Crippen MR) is 140 cm³/mol. The van der Waals surface area contributed by atoms with Gasteiger partial charge >= 0.3 is 10.2 Å². The fraction of sp³-hybridized carbons (Fsp3) is 0.440. The molecule has 0 fully saturated rings. The maximum Gasteiger partial charge on any atom is 0.304 e. The van der Waals surface area contributed by atoms with E-state index >= 15 is 0 Å². The van der Waals surface area contributed by atoms with Crippen molar-refractivity contribution in [1.82, 2.24) is 14.5 Å². The van der Waals surface area contributed by atoms with Crippen LogP contribution in [0.4, 0.5) is 10.1 Å². The lowest BCUT2D eigenvalue weighted by molar-refractivity contribution is -0.140. The van der Waals surface area contributed by atoms with E-state index in [0.717, 1.165) is 33.6 Å². The Morgan fingerprint density at radius 3 is 2.25 bits per heavy atom. The minimum Gasteiger partial charge on any atom is -0.354 e. The molecule has 0 aliphatic rings. The number of anilines is 1. The van der Waals surface area contributed by atoms with Crippen molar-refractivity contribution in [3.63, 3.8) is 0 Å². The third-order valence-corrected chi connectivity index (χ3v) is 7.84. The minimum atomic E-state index is -4.11. The van der Waals surface area contributed by atoms with E-state index in [1.165, 1.54) is 31.1 Å². The van der Waals surface area contributed by atoms with Gasteiger partial charge in [-0.25, -0.2) is 8.70 Å². The summed E-state index contributed by atoms with van der Waals surface area (Å²) < 4.78 is 41.6. The lowest BCUT2D eigenvalue weighted by Crippen LogP contribution is -2.53. The summed E-state index contributed by atoms with van der Waals surface area (Å²) in [5.74, 6) is -1.46. The van der Waals surface area contributed by atoms with Crippen LogP contribution in [0.15, 0.2) is 48.5 Å². The fourth-order valence-corrected chi connectivity index (χ4v) is 4.81. The van der Waals surface area contributed by atoms with Gasteiger partial charge in [0.15, 0.2) is 0 Å². The SMILES string of the molecule is CCCCNC(=O)C(CC)N(Cc1ccccc1Cl)C(=O)CN(c1ccc(F)cc1)S(=O)(=O)N(C)C. The molecule has 11 heteroatoms. The van der Waals surface area contributed by atoms with Crippen molar-refractivity contribution in [2.45, 2.75) is 45.7 Å². The standard InChI is InChI=1S/C25H34ClFN4O4S/c1-5-7-16-28-25(33)23(6-2)30(17-19-10-8-9-11-22(19)26)24(32)18-31(36(34,35)29(3)4)21-14-12-20(27)13-15-21/h8-15,23H,5-7,16-18H2,1-4H3,(H,28,33). The number of amides is 2. The first kappa shape index (κ1) is 29.5. The van der Waals surface area contributed by atoms with Gasteiger partial charge in [0.2, 0.25) is 11.8 Å². The third kappa shape index (κ3) is 7.65. The number of nitrogens with one attached hydrogen (secondary N) is 1. The van der Waals surface area contributed by atoms with Gasteiger partial charge < -0.3 is 10.2 Å². The van der Waals surface area contributed by atoms with Crippen LogP contribution in [0.25, 0.3) is 0 Å². The highest BCUT2D eigenvalue weighted by molar-refractivity contribution is 7.90. The number of unbranched alkanes of at least 4 members (excludes halogenated alkanes) is 1. The molecule has 0 saturated heterocycles. The van der Waals surface area contributed by atoms with Gasteiger partial charge in [-0.15, -0.1) is 0 Å². The average Bonchev–Trinajstić information content (AvgIpc) is 2.84. The van der Waals surface area contributed by atoms with Crippen LogP contribution in [0, 0.1) is 5.82 Å². The Kier molecular flexibility index (Phi) is 11.1. The summed E-state index contributed by atoms with van der Waals surface area (Å²) in [5, 5.41) is 3.29. The van der Waals surface area contributed by atoms with Gasteiger partial charge in [0, 0.05) is 32.2 Å². The number of carbonyl (C=O) groups excluding carboxylic acids is 2. The molecule has 0 aromatic heterocycles. The summed E-state index contributed by atoms with van der Waals surface area (Å²) in [6, 6.07) is 10.9. The number of benzene rings is 2. The molecule has 1 N–H and O–H groups in total. The molecule has 1 atom stereocenters. The van der Waals surface area contributed by atoms with Gasteiger partial charge in [-0.3, -0.25) is 9.59 Å². The summed E-state index contributed by atoms with van der Waals surface area (Å²) >= 11 is 6.35. The van der Waals surface area contributed by atoms with Crippen LogP contribution in [-0.4, -0.2) is 62.7 Å². The Bertz CT molecular complexity index is 1130. The van der Waals surface area contributed by atoms with Crippen LogP contribution in [0.5, 0.6) is 0 Å². The summed E-state index contributed by atoms with van der Waals surface area (Å²) in [5.41, 5.74) is 0.743. The second kappa shape index (κ2) is 13.6. The predicted octanol–water partition coefficient (Wildman–Crippen LogP) is 3.82. The van der Waals surface area contributed by atoms with Crippen molar-refractivity contribution >= 4 is 39.3 Å². The average molecular weight is 541 g/mol. The van der Waals surface area contributed by atoms with Gasteiger partial charge in [0.1, 0.15) is 18.4 Å². The smallest absolute Gasteiger partial charge is 0.304 e. The van der Waals surface area contributed by atoms with E-state index in [0.29, 0.717) is 23.6 Å². The summed E-state index contributed by atoms with van der Waals surface area (Å²) in [6.45, 7) is 3.68. The van der Waals surface area contributed by atoms with E-state index in [2.05, 4.69) is 5.32 Å². The molecule has 1 unspecified atom stereocenters. The Balaban J connectivity index is 2.47. The zero-order valence-electron chi connectivity index (χ0n) is 21.1. The topological polar surface area (TPSA) is 90.0 Å². The van der Waals surface area contributed by atoms with E-state index in [9.17, 15) is 22.4 Å². The molecule has 0 spiro atoms. The van der Waals surface area contributed by atoms with E-state index in [4.69, 9.17) is 11.6 Å². The van der Waals surface area contributed by atoms with Crippen molar-refractivity contribution in [3.8, 4) is 0 Å². The molecule has 0 aliphatic heterocycles. The number of hydrogen-bond acceptors (Lipinski definition) is 4. The van der Waals surface area contributed by atoms with E-state index in [1.54, 1.807) is 31.2 Å². The molecule has 36 heavy (non-hydrogen) atoms. The van der Waals surface area contributed by atoms with Crippen molar-refractivity contribution in [2.24, 2.45) is 0 Å². The van der Waals surface area contributed by atoms with E-state index in [1.807, 2.05) is 6.92 Å². The van der Waals surface area contributed by atoms with Crippen molar-refractivity contribution in [1.29, 1.82) is 0 Å². The van der Waals surface area contributed by atoms with E-state index < -0.39 is 34.5 Å². The second-order valence-corrected chi connectivity index (χ2v) is 10.9. The number of hydrogen-bond donors (Lipinski definition) is 1. The summed E-state index contributed by atoms with van der Waals surface area (Å²) in [6.07, 6.45) is 2.00. The van der Waals surface area contributed by atoms with E-state index in [-0.39, 0.29) is 18.1 Å². The molecule has 0 heterocycles. The molecule has 2 rings (SSSR count). The molecule has 0 bridgehead atoms. The molecule has 8 nitrogen and oxygen atoms in total. The van der Waals surface area contributed by atoms with Gasteiger partial charge in [-0.1, -0.05) is 50.1 Å². The number of nitrogens with zero attached hydrogens (tertiary/aromatic N) is 3. The minimum absolute atomic E-state index is 0.0114. The van der Waals surface area contributed by atoms with Crippen molar-refractivity contribution in [2.75, 3.05) is 31.5 Å². The molecule has 0 aliphatic carbocycles. The van der Waals surface area contributed by atoms with Crippen LogP contribution in [-0.2, 0) is 26.3 Å². The second-order valence-electron chi connectivity index (χ2n) is 8.45. The molecule has 0 saturated carbocycles. The number of halogens is 2. The van der Waals surface area contributed by atoms with Crippen LogP contribution in [0.2, 0.25) is 5.02 Å². The number of rotatable bonds is 13. The highest BCUT2D eigenvalue weighted by Crippen LogP contribution is 2.23. The first-order valence-electron chi connectivity index (χ1n) is 11.8. The van der Waals surface area contributed by atoms with Gasteiger partial charge in [0.25, 0.3) is 0 Å². The zero-order chi connectivity index (χ0) is 26.9. The largest absolute Gasteiger partial charge is 0.354 e. The van der Waals surface area contributed by atoms with Crippen LogP contribution < -0.4 is 9.62 Å². The first-order valence-corrected chi connectivity index (χ1v) is 13.6. The molecule has 2 aromatic rings. The lowest BCUT2D eigenvalue weighted by Gasteiger charge is -2.34. The maximum atomic E-state index is 13.7. The van der Waals surface area contributed by atoms with Gasteiger partial charge in [0.05, 0.1) is 5.69 Å². The van der Waals surface area contributed by atoms with Gasteiger partial charge in [-0.05, 0) is 48.7 Å². The Hall–Kier alpha value is -2.69.